The van der Waals surface area contributed by atoms with Gasteiger partial charge in [-0.25, -0.2) is 19.2 Å². The van der Waals surface area contributed by atoms with Gasteiger partial charge in [-0.05, 0) is 66.8 Å². The molecule has 0 amide bonds. The van der Waals surface area contributed by atoms with Crippen molar-refractivity contribution in [1.82, 2.24) is 0 Å². The Bertz CT molecular complexity index is 1820. The fourth-order valence-electron chi connectivity index (χ4n) is 4.39. The first-order valence-corrected chi connectivity index (χ1v) is 17.5. The summed E-state index contributed by atoms with van der Waals surface area (Å²) in [6, 6.07) is 28.0. The maximum Gasteiger partial charge on any atom is 1.00 e. The first-order valence-electron chi connectivity index (χ1n) is 17.5. The Hall–Kier alpha value is -5.11. The summed E-state index contributed by atoms with van der Waals surface area (Å²) in [6.45, 7) is 3.93. The molecule has 0 aromatic heterocycles. The number of aldehydes is 1. The Morgan fingerprint density at radius 2 is 0.918 bits per heavy atom. The number of benzene rings is 4. The summed E-state index contributed by atoms with van der Waals surface area (Å²) in [6.07, 6.45) is 5.22. The molecule has 4 aromatic rings. The second-order valence-electron chi connectivity index (χ2n) is 11.0. The van der Waals surface area contributed by atoms with Crippen LogP contribution in [0.4, 0.5) is 0 Å². The van der Waals surface area contributed by atoms with Crippen molar-refractivity contribution >= 4 is 36.2 Å². The van der Waals surface area contributed by atoms with Crippen LogP contribution >= 0.6 is 0 Å². The van der Waals surface area contributed by atoms with Crippen LogP contribution in [0.5, 0.6) is 0 Å². The number of carbonyl (C=O) groups excluding carboxylic acids is 4. The summed E-state index contributed by atoms with van der Waals surface area (Å²) < 4.78 is 33.0. The van der Waals surface area contributed by atoms with Crippen molar-refractivity contribution in [2.45, 2.75) is 27.2 Å². The van der Waals surface area contributed by atoms with Gasteiger partial charge in [0.05, 0.1) is 70.2 Å². The zero-order valence-electron chi connectivity index (χ0n) is 35.7. The number of carboxylic acids is 1. The smallest absolute Gasteiger partial charge is 1.00 e. The molecule has 0 aliphatic rings. The summed E-state index contributed by atoms with van der Waals surface area (Å²) in [5.74, 6) is -2.01. The molecule has 0 saturated heterocycles. The molecular formula is C45H61BrLiO14-. The molecule has 14 nitrogen and oxygen atoms in total. The molecule has 0 atom stereocenters. The predicted molar refractivity (Wildman–Crippen MR) is 228 cm³/mol. The normalized spacial score (nSPS) is 8.98. The van der Waals surface area contributed by atoms with E-state index in [0.717, 1.165) is 29.7 Å². The number of carboxylic acid groups (broad SMARTS) is 1. The first kappa shape index (κ1) is 65.0. The molecule has 2 N–H and O–H groups in total. The van der Waals surface area contributed by atoms with Gasteiger partial charge in [0.1, 0.15) is 0 Å². The number of hydrogen-bond acceptors (Lipinski definition) is 13. The van der Waals surface area contributed by atoms with Crippen LogP contribution in [-0.2, 0) is 46.0 Å². The van der Waals surface area contributed by atoms with Crippen LogP contribution in [0.2, 0.25) is 0 Å². The average molecular weight is 913 g/mol. The molecule has 0 fully saturated rings. The van der Waals surface area contributed by atoms with Gasteiger partial charge in [0.2, 0.25) is 0 Å². The van der Waals surface area contributed by atoms with E-state index in [1.54, 1.807) is 89.1 Å². The number of rotatable bonds is 14. The number of carbonyl (C=O) groups is 5. The largest absolute Gasteiger partial charge is 1.00 e. The van der Waals surface area contributed by atoms with Crippen molar-refractivity contribution in [3.8, 4) is 0 Å². The van der Waals surface area contributed by atoms with Crippen molar-refractivity contribution in [3.05, 3.63) is 148 Å². The standard InChI is InChI=1S/C11H14O3.C11H12O3.C10H12O3.C9H8O3.C3H8O.CH4.BrH.Li.H2O.H2/c2*1-13-8-7-9-5-3-4-6-10(9)11(12)14-2;1-13-7-6-8-4-2-3-5-9(8)10(11)12;1-12-9(11)8-5-3-2-4-7(8)6-10;1-3-4-2;;;;;/h3-6H,7-8H2,1-2H3;3-8H,1-2H3;2-5H,6-7H2,1H3,(H,11,12);2-6H,1H3;3H2,1-2H3;1H4;1H;;1H2;1H/q;;;;;;;+1;;/p-2/b;8-7+;;;;;;;;. The maximum absolute atomic E-state index is 11.3. The second kappa shape index (κ2) is 41.6. The van der Waals surface area contributed by atoms with Gasteiger partial charge in [-0.3, -0.25) is 4.79 Å². The van der Waals surface area contributed by atoms with Gasteiger partial charge in [0.15, 0.2) is 6.29 Å². The van der Waals surface area contributed by atoms with Crippen LogP contribution in [0.25, 0.3) is 6.08 Å². The molecule has 0 aliphatic carbocycles. The van der Waals surface area contributed by atoms with E-state index in [0.29, 0.717) is 53.7 Å². The number of halogens is 1. The van der Waals surface area contributed by atoms with E-state index < -0.39 is 11.9 Å². The third-order valence-corrected chi connectivity index (χ3v) is 7.35. The van der Waals surface area contributed by atoms with Gasteiger partial charge in [-0.15, -0.1) is 0 Å². The third kappa shape index (κ3) is 26.7. The molecule has 4 aromatic carbocycles. The fraction of sp³-hybridized carbons (Fsp3) is 0.311. The molecule has 0 spiro atoms. The summed E-state index contributed by atoms with van der Waals surface area (Å²) in [4.78, 5) is 54.8. The van der Waals surface area contributed by atoms with Crippen LogP contribution < -0.4 is 35.8 Å². The van der Waals surface area contributed by atoms with E-state index in [9.17, 15) is 24.0 Å². The zero-order chi connectivity index (χ0) is 42.8. The third-order valence-electron chi connectivity index (χ3n) is 7.35. The number of hydrogen-bond donors (Lipinski definition) is 1. The van der Waals surface area contributed by atoms with E-state index in [1.165, 1.54) is 27.6 Å². The Morgan fingerprint density at radius 1 is 0.574 bits per heavy atom. The number of ether oxygens (including phenoxy) is 7. The van der Waals surface area contributed by atoms with Crippen LogP contribution in [0.3, 0.4) is 0 Å². The molecule has 0 radical (unpaired) electrons. The van der Waals surface area contributed by atoms with Crippen molar-refractivity contribution < 1.29 is 105 Å². The molecule has 4 rings (SSSR count). The summed E-state index contributed by atoms with van der Waals surface area (Å²) in [5, 5.41) is 8.82. The second-order valence-corrected chi connectivity index (χ2v) is 11.0. The maximum atomic E-state index is 11.3. The van der Waals surface area contributed by atoms with E-state index in [4.69, 9.17) is 19.3 Å². The molecule has 334 valence electrons. The molecule has 0 unspecified atom stereocenters. The minimum absolute atomic E-state index is 0. The minimum Gasteiger partial charge on any atom is -1.00 e. The summed E-state index contributed by atoms with van der Waals surface area (Å²) >= 11 is 0. The molecule has 0 saturated carbocycles. The number of methoxy groups -OCH3 is 7. The van der Waals surface area contributed by atoms with Crippen LogP contribution in [0.15, 0.2) is 103 Å². The van der Waals surface area contributed by atoms with Crippen LogP contribution in [-0.4, -0.2) is 110 Å². The molecule has 0 aliphatic heterocycles. The van der Waals surface area contributed by atoms with Crippen molar-refractivity contribution in [1.29, 1.82) is 0 Å². The van der Waals surface area contributed by atoms with Gasteiger partial charge in [0.25, 0.3) is 0 Å². The van der Waals surface area contributed by atoms with Gasteiger partial charge in [0, 0.05) is 34.9 Å². The Labute approximate surface area is 384 Å². The van der Waals surface area contributed by atoms with E-state index in [1.807, 2.05) is 49.4 Å². The quantitative estimate of drug-likeness (QED) is 0.0633. The predicted octanol–water partition coefficient (Wildman–Crippen LogP) is 1.98. The number of esters is 3. The van der Waals surface area contributed by atoms with Gasteiger partial charge in [-0.1, -0.05) is 80.2 Å². The summed E-state index contributed by atoms with van der Waals surface area (Å²) in [7, 11) is 10.5. The van der Waals surface area contributed by atoms with E-state index in [2.05, 4.69) is 18.9 Å². The molecule has 61 heavy (non-hydrogen) atoms. The molecule has 0 bridgehead atoms. The summed E-state index contributed by atoms with van der Waals surface area (Å²) in [5.41, 5.74) is 4.72. The Balaban J connectivity index is -0.000000160. The minimum atomic E-state index is -0.883. The zero-order valence-corrected chi connectivity index (χ0v) is 37.3. The SMILES string of the molecule is C.CCOC.CO/C=C/c1ccccc1C(=O)OC.COC(=O)c1ccccc1C=O.COCCc1ccccc1C(=O)O.COCCc1ccccc1C(=O)OC.[Br-].[HH].[Li+].[OH-]. The molecule has 16 heteroatoms. The van der Waals surface area contributed by atoms with Crippen LogP contribution in [0, 0.1) is 0 Å². The molecular weight excluding hydrogens is 851 g/mol. The Kier molecular flexibility index (Phi) is 44.4. The van der Waals surface area contributed by atoms with Gasteiger partial charge < -0.3 is 60.7 Å². The molecule has 0 heterocycles. The monoisotopic (exact) mass is 911 g/mol. The number of aromatic carboxylic acids is 1. The van der Waals surface area contributed by atoms with Crippen LogP contribution in [0.1, 0.15) is 84.3 Å². The first-order chi connectivity index (χ1) is 27.5. The van der Waals surface area contributed by atoms with Crippen molar-refractivity contribution in [2.75, 3.05) is 69.6 Å². The Morgan fingerprint density at radius 3 is 1.30 bits per heavy atom. The van der Waals surface area contributed by atoms with E-state index >= 15 is 0 Å². The van der Waals surface area contributed by atoms with Gasteiger partial charge in [-0.2, -0.15) is 0 Å². The topological polar surface area (TPSA) is 200 Å². The van der Waals surface area contributed by atoms with Crippen molar-refractivity contribution in [3.63, 3.8) is 0 Å². The fourth-order valence-corrected chi connectivity index (χ4v) is 4.39. The van der Waals surface area contributed by atoms with E-state index in [-0.39, 0.29) is 62.1 Å². The van der Waals surface area contributed by atoms with Crippen molar-refractivity contribution in [2.24, 2.45) is 0 Å². The van der Waals surface area contributed by atoms with Gasteiger partial charge >= 0.3 is 42.7 Å². The average Bonchev–Trinajstić information content (AvgIpc) is 3.26.